The predicted molar refractivity (Wildman–Crippen MR) is 66.6 cm³/mol. The lowest BCUT2D eigenvalue weighted by Crippen LogP contribution is -2.55. The molecule has 0 amide bonds. The number of likely N-dealkylation sites (N-methyl/N-ethyl adjacent to an activating group) is 1. The monoisotopic (exact) mass is 226 g/mol. The topological polar surface area (TPSA) is 35.5 Å². The first-order valence-corrected chi connectivity index (χ1v) is 6.89. The summed E-state index contributed by atoms with van der Waals surface area (Å²) in [6.45, 7) is 5.95. The highest BCUT2D eigenvalue weighted by Gasteiger charge is 2.37. The van der Waals surface area contributed by atoms with Gasteiger partial charge in [0.05, 0.1) is 6.61 Å². The average molecular weight is 226 g/mol. The van der Waals surface area contributed by atoms with Crippen molar-refractivity contribution in [3.8, 4) is 0 Å². The van der Waals surface area contributed by atoms with Crippen LogP contribution in [0.5, 0.6) is 0 Å². The van der Waals surface area contributed by atoms with Gasteiger partial charge in [0.2, 0.25) is 0 Å². The van der Waals surface area contributed by atoms with Crippen molar-refractivity contribution in [2.24, 2.45) is 0 Å². The molecule has 0 aromatic carbocycles. The molecule has 0 radical (unpaired) electrons. The average Bonchev–Trinajstić information content (AvgIpc) is 2.83. The molecule has 1 aliphatic carbocycles. The highest BCUT2D eigenvalue weighted by molar-refractivity contribution is 4.96. The Morgan fingerprint density at radius 3 is 2.69 bits per heavy atom. The predicted octanol–water partition coefficient (Wildman–Crippen LogP) is 1.37. The molecule has 1 saturated carbocycles. The minimum Gasteiger partial charge on any atom is -0.394 e. The Hall–Kier alpha value is -0.120. The Morgan fingerprint density at radius 2 is 2.06 bits per heavy atom. The molecule has 0 aromatic rings. The summed E-state index contributed by atoms with van der Waals surface area (Å²) in [4.78, 5) is 2.64. The molecule has 2 rings (SSSR count). The van der Waals surface area contributed by atoms with Gasteiger partial charge >= 0.3 is 0 Å². The minimum absolute atomic E-state index is 0.0141. The SMILES string of the molecule is CCNC1(CO)CCCC(N2CCCC2)C1. The van der Waals surface area contributed by atoms with Crippen LogP contribution < -0.4 is 5.32 Å². The second-order valence-electron chi connectivity index (χ2n) is 5.46. The first-order valence-electron chi connectivity index (χ1n) is 6.89. The van der Waals surface area contributed by atoms with Gasteiger partial charge in [-0.2, -0.15) is 0 Å². The van der Waals surface area contributed by atoms with E-state index in [0.717, 1.165) is 19.4 Å². The van der Waals surface area contributed by atoms with Crippen molar-refractivity contribution >= 4 is 0 Å². The van der Waals surface area contributed by atoms with E-state index < -0.39 is 0 Å². The van der Waals surface area contributed by atoms with Gasteiger partial charge in [0.15, 0.2) is 0 Å². The summed E-state index contributed by atoms with van der Waals surface area (Å²) in [7, 11) is 0. The molecule has 1 aliphatic heterocycles. The Balaban J connectivity index is 1.95. The van der Waals surface area contributed by atoms with Gasteiger partial charge in [-0.1, -0.05) is 6.92 Å². The molecule has 2 atom stereocenters. The zero-order valence-corrected chi connectivity index (χ0v) is 10.5. The van der Waals surface area contributed by atoms with Gasteiger partial charge in [0.1, 0.15) is 0 Å². The molecule has 0 bridgehead atoms. The fourth-order valence-electron chi connectivity index (χ4n) is 3.48. The van der Waals surface area contributed by atoms with Crippen molar-refractivity contribution in [1.29, 1.82) is 0 Å². The van der Waals surface area contributed by atoms with Crippen molar-refractivity contribution in [2.45, 2.75) is 57.0 Å². The largest absolute Gasteiger partial charge is 0.394 e. The number of aliphatic hydroxyl groups is 1. The Bertz CT molecular complexity index is 212. The summed E-state index contributed by atoms with van der Waals surface area (Å²) in [5.41, 5.74) is 0.0141. The van der Waals surface area contributed by atoms with Gasteiger partial charge in [-0.15, -0.1) is 0 Å². The second kappa shape index (κ2) is 5.48. The molecule has 0 aromatic heterocycles. The molecule has 2 fully saturated rings. The third-order valence-electron chi connectivity index (χ3n) is 4.33. The van der Waals surface area contributed by atoms with Gasteiger partial charge in [0.25, 0.3) is 0 Å². The van der Waals surface area contributed by atoms with Gasteiger partial charge < -0.3 is 15.3 Å². The van der Waals surface area contributed by atoms with Crippen molar-refractivity contribution in [3.05, 3.63) is 0 Å². The van der Waals surface area contributed by atoms with Gasteiger partial charge in [0, 0.05) is 11.6 Å². The lowest BCUT2D eigenvalue weighted by molar-refractivity contribution is 0.0701. The highest BCUT2D eigenvalue weighted by atomic mass is 16.3. The highest BCUT2D eigenvalue weighted by Crippen LogP contribution is 2.32. The molecule has 94 valence electrons. The van der Waals surface area contributed by atoms with Crippen LogP contribution in [-0.2, 0) is 0 Å². The first-order chi connectivity index (χ1) is 7.79. The van der Waals surface area contributed by atoms with Crippen LogP contribution in [0.25, 0.3) is 0 Å². The summed E-state index contributed by atoms with van der Waals surface area (Å²) in [6, 6.07) is 0.711. The van der Waals surface area contributed by atoms with Crippen LogP contribution in [0.4, 0.5) is 0 Å². The lowest BCUT2D eigenvalue weighted by Gasteiger charge is -2.43. The zero-order valence-electron chi connectivity index (χ0n) is 10.5. The van der Waals surface area contributed by atoms with E-state index in [4.69, 9.17) is 0 Å². The molecule has 1 saturated heterocycles. The van der Waals surface area contributed by atoms with Crippen LogP contribution in [-0.4, -0.2) is 47.8 Å². The summed E-state index contributed by atoms with van der Waals surface area (Å²) in [5.74, 6) is 0. The molecule has 1 heterocycles. The summed E-state index contributed by atoms with van der Waals surface area (Å²) in [5, 5.41) is 13.2. The number of nitrogens with one attached hydrogen (secondary N) is 1. The molecule has 3 nitrogen and oxygen atoms in total. The molecular weight excluding hydrogens is 200 g/mol. The maximum Gasteiger partial charge on any atom is 0.0613 e. The molecule has 16 heavy (non-hydrogen) atoms. The van der Waals surface area contributed by atoms with E-state index in [9.17, 15) is 5.11 Å². The Labute approximate surface area is 99.2 Å². The number of hydrogen-bond acceptors (Lipinski definition) is 3. The molecular formula is C13H26N2O. The van der Waals surface area contributed by atoms with Crippen molar-refractivity contribution in [1.82, 2.24) is 10.2 Å². The van der Waals surface area contributed by atoms with Gasteiger partial charge in [-0.25, -0.2) is 0 Å². The van der Waals surface area contributed by atoms with Crippen LogP contribution in [0.3, 0.4) is 0 Å². The van der Waals surface area contributed by atoms with Crippen LogP contribution in [0, 0.1) is 0 Å². The van der Waals surface area contributed by atoms with Crippen molar-refractivity contribution < 1.29 is 5.11 Å². The van der Waals surface area contributed by atoms with E-state index in [0.29, 0.717) is 12.6 Å². The van der Waals surface area contributed by atoms with E-state index in [1.165, 1.54) is 38.8 Å². The molecule has 2 unspecified atom stereocenters. The van der Waals surface area contributed by atoms with Crippen LogP contribution in [0.1, 0.15) is 45.4 Å². The number of rotatable bonds is 4. The van der Waals surface area contributed by atoms with Crippen molar-refractivity contribution in [2.75, 3.05) is 26.2 Å². The number of aliphatic hydroxyl groups excluding tert-OH is 1. The minimum atomic E-state index is 0.0141. The first kappa shape index (κ1) is 12.3. The summed E-state index contributed by atoms with van der Waals surface area (Å²) in [6.07, 6.45) is 7.59. The zero-order chi connectivity index (χ0) is 11.4. The third kappa shape index (κ3) is 2.58. The van der Waals surface area contributed by atoms with E-state index >= 15 is 0 Å². The van der Waals surface area contributed by atoms with Gasteiger partial charge in [-0.05, 0) is 58.2 Å². The lowest BCUT2D eigenvalue weighted by atomic mass is 9.79. The molecule has 3 heteroatoms. The molecule has 2 N–H and O–H groups in total. The van der Waals surface area contributed by atoms with Crippen molar-refractivity contribution in [3.63, 3.8) is 0 Å². The quantitative estimate of drug-likeness (QED) is 0.760. The number of likely N-dealkylation sites (tertiary alicyclic amines) is 1. The van der Waals surface area contributed by atoms with E-state index in [1.807, 2.05) is 0 Å². The standard InChI is InChI=1S/C13H26N2O/c1-2-14-13(11-16)7-5-6-12(10-13)15-8-3-4-9-15/h12,14,16H,2-11H2,1H3. The maximum absolute atomic E-state index is 9.65. The summed E-state index contributed by atoms with van der Waals surface area (Å²) < 4.78 is 0. The Morgan fingerprint density at radius 1 is 1.31 bits per heavy atom. The Kier molecular flexibility index (Phi) is 4.22. The fourth-order valence-corrected chi connectivity index (χ4v) is 3.48. The number of hydrogen-bond donors (Lipinski definition) is 2. The summed E-state index contributed by atoms with van der Waals surface area (Å²) >= 11 is 0. The van der Waals surface area contributed by atoms with Crippen LogP contribution >= 0.6 is 0 Å². The molecule has 0 spiro atoms. The number of nitrogens with zero attached hydrogens (tertiary/aromatic N) is 1. The fraction of sp³-hybridized carbons (Fsp3) is 1.00. The smallest absolute Gasteiger partial charge is 0.0613 e. The van der Waals surface area contributed by atoms with Crippen LogP contribution in [0.15, 0.2) is 0 Å². The third-order valence-corrected chi connectivity index (χ3v) is 4.33. The van der Waals surface area contributed by atoms with E-state index in [2.05, 4.69) is 17.1 Å². The van der Waals surface area contributed by atoms with E-state index in [1.54, 1.807) is 0 Å². The van der Waals surface area contributed by atoms with E-state index in [-0.39, 0.29) is 5.54 Å². The second-order valence-corrected chi connectivity index (χ2v) is 5.46. The molecule has 2 aliphatic rings. The maximum atomic E-state index is 9.65. The normalized spacial score (nSPS) is 36.8. The van der Waals surface area contributed by atoms with Crippen LogP contribution in [0.2, 0.25) is 0 Å². The van der Waals surface area contributed by atoms with Gasteiger partial charge in [-0.3, -0.25) is 0 Å².